The number of nitrogens with zero attached hydrogens (tertiary/aromatic N) is 3. The highest BCUT2D eigenvalue weighted by atomic mass is 32.1. The smallest absolute Gasteiger partial charge is 0.122 e. The van der Waals surface area contributed by atoms with Crippen LogP contribution in [0, 0.1) is 0 Å². The first-order chi connectivity index (χ1) is 8.97. The van der Waals surface area contributed by atoms with Gasteiger partial charge in [-0.2, -0.15) is 0 Å². The highest BCUT2D eigenvalue weighted by Crippen LogP contribution is 2.26. The van der Waals surface area contributed by atoms with Gasteiger partial charge in [-0.05, 0) is 32.6 Å². The van der Waals surface area contributed by atoms with E-state index in [9.17, 15) is 5.11 Å². The van der Waals surface area contributed by atoms with Crippen molar-refractivity contribution in [2.24, 2.45) is 5.73 Å². The molecule has 19 heavy (non-hydrogen) atoms. The first-order valence-electron chi connectivity index (χ1n) is 6.32. The van der Waals surface area contributed by atoms with Crippen LogP contribution in [-0.2, 0) is 0 Å². The molecule has 6 heteroatoms. The molecule has 0 bridgehead atoms. The lowest BCUT2D eigenvalue weighted by molar-refractivity contribution is 0.191. The van der Waals surface area contributed by atoms with E-state index in [1.54, 1.807) is 6.20 Å². The van der Waals surface area contributed by atoms with Gasteiger partial charge in [-0.3, -0.25) is 4.98 Å². The van der Waals surface area contributed by atoms with E-state index in [1.807, 2.05) is 26.2 Å². The van der Waals surface area contributed by atoms with Gasteiger partial charge in [0.1, 0.15) is 4.99 Å². The first-order valence-corrected chi connectivity index (χ1v) is 6.73. The summed E-state index contributed by atoms with van der Waals surface area (Å²) in [6.45, 7) is 1.54. The molecule has 1 aliphatic rings. The van der Waals surface area contributed by atoms with Crippen molar-refractivity contribution in [2.45, 2.75) is 18.6 Å². The van der Waals surface area contributed by atoms with Gasteiger partial charge >= 0.3 is 0 Å². The largest absolute Gasteiger partial charge is 0.391 e. The lowest BCUT2D eigenvalue weighted by Gasteiger charge is -2.28. The Morgan fingerprint density at radius 3 is 3.00 bits per heavy atom. The van der Waals surface area contributed by atoms with Crippen LogP contribution < -0.4 is 10.6 Å². The fourth-order valence-corrected chi connectivity index (χ4v) is 2.65. The van der Waals surface area contributed by atoms with Crippen LogP contribution in [0.2, 0.25) is 0 Å². The van der Waals surface area contributed by atoms with E-state index in [0.717, 1.165) is 18.7 Å². The molecule has 2 heterocycles. The number of rotatable bonds is 4. The van der Waals surface area contributed by atoms with E-state index in [2.05, 4.69) is 14.8 Å². The summed E-state index contributed by atoms with van der Waals surface area (Å²) in [6.07, 6.45) is 2.20. The fraction of sp³-hybridized carbons (Fsp3) is 0.538. The van der Waals surface area contributed by atoms with Crippen LogP contribution in [0.25, 0.3) is 0 Å². The molecule has 0 saturated carbocycles. The predicted molar refractivity (Wildman–Crippen MR) is 80.4 cm³/mol. The first kappa shape index (κ1) is 14.2. The van der Waals surface area contributed by atoms with Crippen molar-refractivity contribution in [1.82, 2.24) is 9.88 Å². The number of aliphatic hydroxyl groups is 1. The van der Waals surface area contributed by atoms with Crippen LogP contribution in [0.5, 0.6) is 0 Å². The number of hydrogen-bond donors (Lipinski definition) is 2. The molecule has 5 nitrogen and oxygen atoms in total. The third kappa shape index (κ3) is 3.40. The summed E-state index contributed by atoms with van der Waals surface area (Å²) >= 11 is 4.96. The normalized spacial score (nSPS) is 23.1. The maximum absolute atomic E-state index is 9.90. The molecule has 2 rings (SSSR count). The number of thiocarbonyl (C=S) groups is 1. The Morgan fingerprint density at radius 2 is 2.37 bits per heavy atom. The van der Waals surface area contributed by atoms with Gasteiger partial charge in [-0.15, -0.1) is 0 Å². The Bertz CT molecular complexity index is 466. The zero-order valence-corrected chi connectivity index (χ0v) is 12.1. The molecule has 2 atom stereocenters. The van der Waals surface area contributed by atoms with Crippen LogP contribution in [-0.4, -0.2) is 59.3 Å². The molecule has 3 N–H and O–H groups in total. The monoisotopic (exact) mass is 280 g/mol. The molecule has 104 valence electrons. The number of pyridine rings is 1. The number of likely N-dealkylation sites (N-methyl/N-ethyl adjacent to an activating group) is 1. The highest BCUT2D eigenvalue weighted by molar-refractivity contribution is 7.80. The lowest BCUT2D eigenvalue weighted by Crippen LogP contribution is -2.37. The van der Waals surface area contributed by atoms with E-state index in [0.29, 0.717) is 23.3 Å². The second-order valence-corrected chi connectivity index (χ2v) is 5.66. The van der Waals surface area contributed by atoms with Crippen LogP contribution in [0.4, 0.5) is 5.69 Å². The van der Waals surface area contributed by atoms with Crippen LogP contribution in [0.1, 0.15) is 12.1 Å². The van der Waals surface area contributed by atoms with Gasteiger partial charge in [0, 0.05) is 31.0 Å². The van der Waals surface area contributed by atoms with Gasteiger partial charge in [0.05, 0.1) is 11.8 Å². The molecule has 1 fully saturated rings. The van der Waals surface area contributed by atoms with E-state index in [-0.39, 0.29) is 6.10 Å². The van der Waals surface area contributed by atoms with E-state index < -0.39 is 0 Å². The number of β-amino-alcohol motifs (C(OH)–C–C–N with tert-alkyl or cyclic N) is 1. The quantitative estimate of drug-likeness (QED) is 0.769. The van der Waals surface area contributed by atoms with Crippen molar-refractivity contribution < 1.29 is 5.11 Å². The third-order valence-electron chi connectivity index (χ3n) is 3.30. The lowest BCUT2D eigenvalue weighted by atomic mass is 10.2. The minimum Gasteiger partial charge on any atom is -0.391 e. The topological polar surface area (TPSA) is 65.6 Å². The minimum atomic E-state index is -0.286. The molecule has 0 radical (unpaired) electrons. The minimum absolute atomic E-state index is 0.286. The third-order valence-corrected chi connectivity index (χ3v) is 3.51. The Kier molecular flexibility index (Phi) is 4.34. The molecule has 1 aliphatic heterocycles. The Morgan fingerprint density at radius 1 is 1.63 bits per heavy atom. The summed E-state index contributed by atoms with van der Waals surface area (Å²) in [5, 5.41) is 9.90. The Balaban J connectivity index is 2.23. The molecule has 0 aromatic carbocycles. The molecular weight excluding hydrogens is 260 g/mol. The van der Waals surface area contributed by atoms with Crippen molar-refractivity contribution >= 4 is 22.9 Å². The van der Waals surface area contributed by atoms with Crippen LogP contribution >= 0.6 is 12.2 Å². The molecular formula is C13H20N4OS. The van der Waals surface area contributed by atoms with Gasteiger partial charge in [-0.25, -0.2) is 0 Å². The molecule has 0 amide bonds. The average Bonchev–Trinajstić information content (AvgIpc) is 2.69. The van der Waals surface area contributed by atoms with Crippen LogP contribution in [0.3, 0.4) is 0 Å². The molecule has 1 aromatic rings. The number of aromatic nitrogens is 1. The zero-order valence-electron chi connectivity index (χ0n) is 11.3. The van der Waals surface area contributed by atoms with Crippen molar-refractivity contribution in [3.8, 4) is 0 Å². The number of nitrogens with two attached hydrogens (primary N) is 1. The number of hydrogen-bond acceptors (Lipinski definition) is 5. The number of aliphatic hydroxyl groups excluding tert-OH is 1. The van der Waals surface area contributed by atoms with Gasteiger partial charge in [-0.1, -0.05) is 12.2 Å². The zero-order chi connectivity index (χ0) is 14.0. The summed E-state index contributed by atoms with van der Waals surface area (Å²) in [7, 11) is 4.08. The van der Waals surface area contributed by atoms with Gasteiger partial charge < -0.3 is 20.6 Å². The molecule has 0 spiro atoms. The average molecular weight is 280 g/mol. The fourth-order valence-electron chi connectivity index (χ4n) is 2.54. The van der Waals surface area contributed by atoms with Crippen molar-refractivity contribution in [1.29, 1.82) is 0 Å². The second-order valence-electron chi connectivity index (χ2n) is 5.22. The molecule has 2 unspecified atom stereocenters. The summed E-state index contributed by atoms with van der Waals surface area (Å²) in [4.78, 5) is 8.78. The standard InChI is InChI=1S/C13H20N4OS/c1-16(2)7-10-5-11(18)8-17(10)9-3-4-15-12(6-9)13(14)19/h3-4,6,10-11,18H,5,7-8H2,1-2H3,(H2,14,19). The van der Waals surface area contributed by atoms with Crippen LogP contribution in [0.15, 0.2) is 18.3 Å². The Hall–Kier alpha value is -1.24. The maximum Gasteiger partial charge on any atom is 0.122 e. The molecule has 1 saturated heterocycles. The summed E-state index contributed by atoms with van der Waals surface area (Å²) < 4.78 is 0. The summed E-state index contributed by atoms with van der Waals surface area (Å²) in [5.41, 5.74) is 7.25. The summed E-state index contributed by atoms with van der Waals surface area (Å²) in [6, 6.07) is 4.12. The van der Waals surface area contributed by atoms with Crippen molar-refractivity contribution in [3.05, 3.63) is 24.0 Å². The van der Waals surface area contributed by atoms with E-state index >= 15 is 0 Å². The SMILES string of the molecule is CN(C)CC1CC(O)CN1c1ccnc(C(N)=S)c1. The van der Waals surface area contributed by atoms with E-state index in [4.69, 9.17) is 18.0 Å². The van der Waals surface area contributed by atoms with E-state index in [1.165, 1.54) is 0 Å². The van der Waals surface area contributed by atoms with Crippen molar-refractivity contribution in [3.63, 3.8) is 0 Å². The predicted octanol–water partition coefficient (Wildman–Crippen LogP) is 0.217. The highest BCUT2D eigenvalue weighted by Gasteiger charge is 2.31. The second kappa shape index (κ2) is 5.81. The molecule has 0 aliphatic carbocycles. The van der Waals surface area contributed by atoms with Gasteiger partial charge in [0.15, 0.2) is 0 Å². The summed E-state index contributed by atoms with van der Waals surface area (Å²) in [5.74, 6) is 0. The maximum atomic E-state index is 9.90. The van der Waals surface area contributed by atoms with Gasteiger partial charge in [0.2, 0.25) is 0 Å². The van der Waals surface area contributed by atoms with Crippen molar-refractivity contribution in [2.75, 3.05) is 32.1 Å². The number of anilines is 1. The molecule has 1 aromatic heterocycles. The Labute approximate surface area is 119 Å². The van der Waals surface area contributed by atoms with Gasteiger partial charge in [0.25, 0.3) is 0 Å².